The third-order valence-corrected chi connectivity index (χ3v) is 3.63. The summed E-state index contributed by atoms with van der Waals surface area (Å²) in [6.07, 6.45) is 3.13. The highest BCUT2D eigenvalue weighted by Crippen LogP contribution is 2.21. The Morgan fingerprint density at radius 2 is 2.00 bits per heavy atom. The molecule has 0 aliphatic carbocycles. The number of hydrogen-bond acceptors (Lipinski definition) is 4. The van der Waals surface area contributed by atoms with Crippen molar-refractivity contribution in [1.29, 1.82) is 0 Å². The second-order valence-corrected chi connectivity index (χ2v) is 4.85. The first-order chi connectivity index (χ1) is 9.24. The van der Waals surface area contributed by atoms with E-state index in [9.17, 15) is 4.79 Å². The minimum Gasteiger partial charge on any atom is -0.497 e. The summed E-state index contributed by atoms with van der Waals surface area (Å²) in [5.41, 5.74) is 1.19. The van der Waals surface area contributed by atoms with E-state index in [4.69, 9.17) is 9.47 Å². The van der Waals surface area contributed by atoms with Gasteiger partial charge in [-0.15, -0.1) is 0 Å². The number of carbonyl (C=O) groups is 1. The smallest absolute Gasteiger partial charge is 0.323 e. The van der Waals surface area contributed by atoms with Gasteiger partial charge in [0.05, 0.1) is 14.2 Å². The van der Waals surface area contributed by atoms with Crippen molar-refractivity contribution in [2.45, 2.75) is 31.8 Å². The monoisotopic (exact) mass is 263 g/mol. The van der Waals surface area contributed by atoms with E-state index in [2.05, 4.69) is 4.90 Å². The molecule has 1 aromatic carbocycles. The molecule has 1 heterocycles. The fourth-order valence-corrected chi connectivity index (χ4v) is 2.55. The molecule has 0 aromatic heterocycles. The highest BCUT2D eigenvalue weighted by Gasteiger charge is 2.29. The summed E-state index contributed by atoms with van der Waals surface area (Å²) < 4.78 is 10.0. The minimum atomic E-state index is -0.117. The van der Waals surface area contributed by atoms with Crippen molar-refractivity contribution in [3.8, 4) is 5.75 Å². The van der Waals surface area contributed by atoms with Crippen LogP contribution >= 0.6 is 0 Å². The molecule has 0 amide bonds. The van der Waals surface area contributed by atoms with Crippen molar-refractivity contribution in [1.82, 2.24) is 4.90 Å². The molecule has 1 aliphatic rings. The molecule has 0 bridgehead atoms. The fourth-order valence-electron chi connectivity index (χ4n) is 2.55. The lowest BCUT2D eigenvalue weighted by atomic mass is 10.0. The summed E-state index contributed by atoms with van der Waals surface area (Å²) in [5.74, 6) is 0.736. The van der Waals surface area contributed by atoms with Gasteiger partial charge in [0.25, 0.3) is 0 Å². The molecule has 1 atom stereocenters. The number of esters is 1. The van der Waals surface area contributed by atoms with Crippen LogP contribution in [0.25, 0.3) is 0 Å². The summed E-state index contributed by atoms with van der Waals surface area (Å²) >= 11 is 0. The predicted molar refractivity (Wildman–Crippen MR) is 73.1 cm³/mol. The molecular formula is C15H21NO3. The maximum atomic E-state index is 11.8. The van der Waals surface area contributed by atoms with E-state index < -0.39 is 0 Å². The normalized spacial score (nSPS) is 20.0. The maximum Gasteiger partial charge on any atom is 0.323 e. The molecular weight excluding hydrogens is 242 g/mol. The van der Waals surface area contributed by atoms with Crippen LogP contribution in [0.5, 0.6) is 5.75 Å². The number of rotatable bonds is 4. The summed E-state index contributed by atoms with van der Waals surface area (Å²) in [6, 6.07) is 7.89. The molecule has 0 N–H and O–H groups in total. The van der Waals surface area contributed by atoms with E-state index in [0.717, 1.165) is 38.1 Å². The molecule has 0 saturated carbocycles. The molecule has 1 fully saturated rings. The van der Waals surface area contributed by atoms with Gasteiger partial charge in [-0.25, -0.2) is 0 Å². The standard InChI is InChI=1S/C15H21NO3/c1-18-13-8-6-12(7-9-13)11-16-10-4-3-5-14(16)15(17)19-2/h6-9,14H,3-5,10-11H2,1-2H3. The Bertz CT molecular complexity index is 416. The zero-order valence-corrected chi connectivity index (χ0v) is 11.6. The Kier molecular flexibility index (Phi) is 4.80. The van der Waals surface area contributed by atoms with Gasteiger partial charge in [-0.2, -0.15) is 0 Å². The van der Waals surface area contributed by atoms with Crippen LogP contribution in [-0.2, 0) is 16.1 Å². The molecule has 1 aromatic rings. The molecule has 1 aliphatic heterocycles. The van der Waals surface area contributed by atoms with E-state index in [1.165, 1.54) is 12.7 Å². The van der Waals surface area contributed by atoms with Crippen molar-refractivity contribution in [2.24, 2.45) is 0 Å². The summed E-state index contributed by atoms with van der Waals surface area (Å²) in [4.78, 5) is 14.0. The van der Waals surface area contributed by atoms with Gasteiger partial charge < -0.3 is 9.47 Å². The lowest BCUT2D eigenvalue weighted by molar-refractivity contribution is -0.148. The average Bonchev–Trinajstić information content (AvgIpc) is 2.48. The molecule has 0 spiro atoms. The summed E-state index contributed by atoms with van der Waals surface area (Å²) in [5, 5.41) is 0. The number of nitrogens with zero attached hydrogens (tertiary/aromatic N) is 1. The number of ether oxygens (including phenoxy) is 2. The van der Waals surface area contributed by atoms with Gasteiger partial charge in [0.2, 0.25) is 0 Å². The second-order valence-electron chi connectivity index (χ2n) is 4.85. The first-order valence-corrected chi connectivity index (χ1v) is 6.69. The Morgan fingerprint density at radius 3 is 2.63 bits per heavy atom. The Labute approximate surface area is 114 Å². The zero-order chi connectivity index (χ0) is 13.7. The SMILES string of the molecule is COC(=O)C1CCCCN1Cc1ccc(OC)cc1. The number of piperidine rings is 1. The third-order valence-electron chi connectivity index (χ3n) is 3.63. The molecule has 4 nitrogen and oxygen atoms in total. The van der Waals surface area contributed by atoms with Crippen molar-refractivity contribution < 1.29 is 14.3 Å². The molecule has 104 valence electrons. The maximum absolute atomic E-state index is 11.8. The number of carbonyl (C=O) groups excluding carboxylic acids is 1. The van der Waals surface area contributed by atoms with Gasteiger partial charge in [-0.05, 0) is 37.1 Å². The van der Waals surface area contributed by atoms with Gasteiger partial charge in [-0.1, -0.05) is 18.6 Å². The second kappa shape index (κ2) is 6.57. The molecule has 1 unspecified atom stereocenters. The first kappa shape index (κ1) is 13.9. The van der Waals surface area contributed by atoms with Crippen molar-refractivity contribution >= 4 is 5.97 Å². The number of methoxy groups -OCH3 is 2. The highest BCUT2D eigenvalue weighted by atomic mass is 16.5. The summed E-state index contributed by atoms with van der Waals surface area (Å²) in [6.45, 7) is 1.73. The quantitative estimate of drug-likeness (QED) is 0.781. The van der Waals surface area contributed by atoms with E-state index in [0.29, 0.717) is 0 Å². The zero-order valence-electron chi connectivity index (χ0n) is 11.6. The number of hydrogen-bond donors (Lipinski definition) is 0. The van der Waals surface area contributed by atoms with E-state index in [-0.39, 0.29) is 12.0 Å². The Balaban J connectivity index is 2.03. The average molecular weight is 263 g/mol. The van der Waals surface area contributed by atoms with Crippen LogP contribution < -0.4 is 4.74 Å². The first-order valence-electron chi connectivity index (χ1n) is 6.69. The highest BCUT2D eigenvalue weighted by molar-refractivity contribution is 5.75. The van der Waals surface area contributed by atoms with Crippen molar-refractivity contribution in [2.75, 3.05) is 20.8 Å². The largest absolute Gasteiger partial charge is 0.497 e. The van der Waals surface area contributed by atoms with Crippen molar-refractivity contribution in [3.05, 3.63) is 29.8 Å². The minimum absolute atomic E-state index is 0.0964. The van der Waals surface area contributed by atoms with E-state index in [1.807, 2.05) is 24.3 Å². The molecule has 1 saturated heterocycles. The van der Waals surface area contributed by atoms with Crippen LogP contribution in [0, 0.1) is 0 Å². The van der Waals surface area contributed by atoms with Gasteiger partial charge in [0.1, 0.15) is 11.8 Å². The lowest BCUT2D eigenvalue weighted by Crippen LogP contribution is -2.44. The third kappa shape index (κ3) is 3.47. The van der Waals surface area contributed by atoms with Gasteiger partial charge >= 0.3 is 5.97 Å². The van der Waals surface area contributed by atoms with Gasteiger partial charge in [-0.3, -0.25) is 9.69 Å². The molecule has 4 heteroatoms. The molecule has 19 heavy (non-hydrogen) atoms. The van der Waals surface area contributed by atoms with Crippen LogP contribution in [0.4, 0.5) is 0 Å². The predicted octanol–water partition coefficient (Wildman–Crippen LogP) is 2.22. The van der Waals surface area contributed by atoms with Crippen LogP contribution in [-0.4, -0.2) is 37.7 Å². The van der Waals surface area contributed by atoms with Gasteiger partial charge in [0, 0.05) is 6.54 Å². The molecule has 0 radical (unpaired) electrons. The van der Waals surface area contributed by atoms with Crippen LogP contribution in [0.15, 0.2) is 24.3 Å². The Hall–Kier alpha value is -1.55. The van der Waals surface area contributed by atoms with E-state index in [1.54, 1.807) is 7.11 Å². The Morgan fingerprint density at radius 1 is 1.26 bits per heavy atom. The number of likely N-dealkylation sites (tertiary alicyclic amines) is 1. The summed E-state index contributed by atoms with van der Waals surface area (Å²) in [7, 11) is 3.12. The molecule has 2 rings (SSSR count). The van der Waals surface area contributed by atoms with Crippen LogP contribution in [0.3, 0.4) is 0 Å². The topological polar surface area (TPSA) is 38.8 Å². The lowest BCUT2D eigenvalue weighted by Gasteiger charge is -2.33. The van der Waals surface area contributed by atoms with Crippen LogP contribution in [0.1, 0.15) is 24.8 Å². The fraction of sp³-hybridized carbons (Fsp3) is 0.533. The van der Waals surface area contributed by atoms with E-state index >= 15 is 0 Å². The number of benzene rings is 1. The van der Waals surface area contributed by atoms with Crippen molar-refractivity contribution in [3.63, 3.8) is 0 Å². The van der Waals surface area contributed by atoms with Crippen LogP contribution in [0.2, 0.25) is 0 Å². The van der Waals surface area contributed by atoms with Gasteiger partial charge in [0.15, 0.2) is 0 Å².